The van der Waals surface area contributed by atoms with Gasteiger partial charge in [0.2, 0.25) is 5.79 Å². The molecule has 3 fully saturated rings. The predicted molar refractivity (Wildman–Crippen MR) is 114 cm³/mol. The molecule has 0 aromatic rings. The fraction of sp³-hybridized carbons (Fsp3) is 0.917. The topological polar surface area (TPSA) is 55.4 Å². The Balaban J connectivity index is 1.49. The average Bonchev–Trinajstić information content (AvgIpc) is 3.16. The molecular weight excluding hydrogens is 384 g/mol. The van der Waals surface area contributed by atoms with E-state index in [1.54, 1.807) is 0 Å². The largest absolute Gasteiger partial charge is 0.357 e. The van der Waals surface area contributed by atoms with Gasteiger partial charge in [0.05, 0.1) is 6.61 Å². The highest BCUT2D eigenvalue weighted by Gasteiger charge is 2.63. The Morgan fingerprint density at radius 1 is 0.867 bits per heavy atom. The molecule has 0 saturated carbocycles. The Bertz CT molecular complexity index is 605. The van der Waals surface area contributed by atoms with Gasteiger partial charge in [0.25, 0.3) is 0 Å². The first-order valence-corrected chi connectivity index (χ1v) is 11.7. The van der Waals surface area contributed by atoms with Gasteiger partial charge in [-0.05, 0) is 34.1 Å². The molecule has 6 nitrogen and oxygen atoms in total. The lowest BCUT2D eigenvalue weighted by Crippen LogP contribution is -2.62. The van der Waals surface area contributed by atoms with E-state index in [-0.39, 0.29) is 12.2 Å². The van der Waals surface area contributed by atoms with Crippen molar-refractivity contribution in [3.05, 3.63) is 0 Å². The molecule has 3 rings (SSSR count). The van der Waals surface area contributed by atoms with E-state index in [0.717, 1.165) is 12.8 Å². The number of ether oxygens (including phenoxy) is 6. The van der Waals surface area contributed by atoms with Crippen LogP contribution in [0.5, 0.6) is 0 Å². The number of rotatable bonds is 9. The van der Waals surface area contributed by atoms with Crippen molar-refractivity contribution in [2.45, 2.75) is 122 Å². The molecule has 3 aliphatic rings. The van der Waals surface area contributed by atoms with Crippen LogP contribution >= 0.6 is 0 Å². The van der Waals surface area contributed by atoms with Crippen LogP contribution in [0.2, 0.25) is 0 Å². The number of hydrogen-bond acceptors (Lipinski definition) is 6. The third-order valence-corrected chi connectivity index (χ3v) is 5.85. The van der Waals surface area contributed by atoms with E-state index in [2.05, 4.69) is 18.8 Å². The molecular formula is C24H40O6. The zero-order valence-electron chi connectivity index (χ0n) is 19.5. The SMILES string of the molecule is CCCCCCCCCC#CCO[C@H]1[C@@H]2OC(C)(C)O[C@@H]2CO[C@]12COC(C)(C)O2. The van der Waals surface area contributed by atoms with Crippen LogP contribution in [0.25, 0.3) is 0 Å². The van der Waals surface area contributed by atoms with Crippen LogP contribution in [-0.4, -0.2) is 55.5 Å². The van der Waals surface area contributed by atoms with Gasteiger partial charge in [0.1, 0.15) is 31.5 Å². The third-order valence-electron chi connectivity index (χ3n) is 5.85. The van der Waals surface area contributed by atoms with E-state index in [1.165, 1.54) is 38.5 Å². The van der Waals surface area contributed by atoms with Crippen molar-refractivity contribution >= 4 is 0 Å². The summed E-state index contributed by atoms with van der Waals surface area (Å²) < 4.78 is 36.4. The number of hydrogen-bond donors (Lipinski definition) is 0. The number of fused-ring (bicyclic) bond motifs is 1. The van der Waals surface area contributed by atoms with Crippen molar-refractivity contribution in [1.82, 2.24) is 0 Å². The Kier molecular flexibility index (Phi) is 8.22. The third kappa shape index (κ3) is 6.18. The van der Waals surface area contributed by atoms with Crippen molar-refractivity contribution in [1.29, 1.82) is 0 Å². The predicted octanol–water partition coefficient (Wildman–Crippen LogP) is 4.55. The summed E-state index contributed by atoms with van der Waals surface area (Å²) in [6, 6.07) is 0. The van der Waals surface area contributed by atoms with E-state index < -0.39 is 23.5 Å². The minimum Gasteiger partial charge on any atom is -0.357 e. The van der Waals surface area contributed by atoms with Gasteiger partial charge in [-0.1, -0.05) is 51.4 Å². The van der Waals surface area contributed by atoms with Gasteiger partial charge in [-0.2, -0.15) is 0 Å². The summed E-state index contributed by atoms with van der Waals surface area (Å²) in [7, 11) is 0. The van der Waals surface area contributed by atoms with Crippen molar-refractivity contribution in [3.63, 3.8) is 0 Å². The van der Waals surface area contributed by atoms with Gasteiger partial charge in [0.15, 0.2) is 11.6 Å². The molecule has 0 unspecified atom stereocenters. The fourth-order valence-electron chi connectivity index (χ4n) is 4.43. The molecule has 1 spiro atoms. The second-order valence-electron chi connectivity index (χ2n) is 9.51. The summed E-state index contributed by atoms with van der Waals surface area (Å²) in [6.45, 7) is 10.8. The van der Waals surface area contributed by atoms with Crippen molar-refractivity contribution in [3.8, 4) is 11.8 Å². The lowest BCUT2D eigenvalue weighted by Gasteiger charge is -2.43. The lowest BCUT2D eigenvalue weighted by atomic mass is 9.97. The second-order valence-corrected chi connectivity index (χ2v) is 9.51. The molecule has 30 heavy (non-hydrogen) atoms. The maximum Gasteiger partial charge on any atom is 0.224 e. The van der Waals surface area contributed by atoms with E-state index in [1.807, 2.05) is 27.7 Å². The molecule has 6 heteroatoms. The molecule has 0 aromatic carbocycles. The van der Waals surface area contributed by atoms with Crippen LogP contribution in [0.1, 0.15) is 86.0 Å². The van der Waals surface area contributed by atoms with Gasteiger partial charge >= 0.3 is 0 Å². The minimum absolute atomic E-state index is 0.191. The molecule has 0 N–H and O–H groups in total. The zero-order chi connectivity index (χ0) is 21.7. The minimum atomic E-state index is -0.991. The monoisotopic (exact) mass is 424 g/mol. The molecule has 0 amide bonds. The summed E-state index contributed by atoms with van der Waals surface area (Å²) >= 11 is 0. The summed E-state index contributed by atoms with van der Waals surface area (Å²) in [5.41, 5.74) is 0. The molecule has 172 valence electrons. The van der Waals surface area contributed by atoms with E-state index in [9.17, 15) is 0 Å². The lowest BCUT2D eigenvalue weighted by molar-refractivity contribution is -0.332. The highest BCUT2D eigenvalue weighted by atomic mass is 16.9. The molecule has 3 aliphatic heterocycles. The van der Waals surface area contributed by atoms with Gasteiger partial charge in [0, 0.05) is 6.42 Å². The van der Waals surface area contributed by atoms with E-state index >= 15 is 0 Å². The summed E-state index contributed by atoms with van der Waals surface area (Å²) in [5, 5.41) is 0. The summed E-state index contributed by atoms with van der Waals surface area (Å²) in [6.07, 6.45) is 9.03. The Hall–Kier alpha value is -0.680. The summed E-state index contributed by atoms with van der Waals surface area (Å²) in [5.74, 6) is 3.99. The van der Waals surface area contributed by atoms with E-state index in [4.69, 9.17) is 28.4 Å². The summed E-state index contributed by atoms with van der Waals surface area (Å²) in [4.78, 5) is 0. The van der Waals surface area contributed by atoms with Crippen molar-refractivity contribution < 1.29 is 28.4 Å². The van der Waals surface area contributed by atoms with Crippen LogP contribution in [0.15, 0.2) is 0 Å². The quantitative estimate of drug-likeness (QED) is 0.400. The fourth-order valence-corrected chi connectivity index (χ4v) is 4.43. The van der Waals surface area contributed by atoms with Crippen molar-refractivity contribution in [2.24, 2.45) is 0 Å². The molecule has 0 radical (unpaired) electrons. The van der Waals surface area contributed by atoms with Gasteiger partial charge < -0.3 is 28.4 Å². The van der Waals surface area contributed by atoms with E-state index in [0.29, 0.717) is 19.8 Å². The molecule has 4 atom stereocenters. The second kappa shape index (κ2) is 10.3. The highest BCUT2D eigenvalue weighted by molar-refractivity contribution is 5.04. The maximum atomic E-state index is 6.18. The molecule has 0 aromatic heterocycles. The van der Waals surface area contributed by atoms with Gasteiger partial charge in [-0.3, -0.25) is 0 Å². The highest BCUT2D eigenvalue weighted by Crippen LogP contribution is 2.45. The Labute approximate surface area is 182 Å². The molecule has 0 aliphatic carbocycles. The van der Waals surface area contributed by atoms with Crippen molar-refractivity contribution in [2.75, 3.05) is 19.8 Å². The first-order chi connectivity index (χ1) is 14.3. The van der Waals surface area contributed by atoms with Crippen LogP contribution in [0, 0.1) is 11.8 Å². The molecule has 0 bridgehead atoms. The maximum absolute atomic E-state index is 6.18. The van der Waals surface area contributed by atoms with Crippen LogP contribution in [-0.2, 0) is 28.4 Å². The smallest absolute Gasteiger partial charge is 0.224 e. The van der Waals surface area contributed by atoms with Gasteiger partial charge in [-0.25, -0.2) is 0 Å². The Morgan fingerprint density at radius 3 is 2.30 bits per heavy atom. The number of unbranched alkanes of at least 4 members (excludes halogenated alkanes) is 7. The normalized spacial score (nSPS) is 34.0. The molecule has 3 heterocycles. The zero-order valence-corrected chi connectivity index (χ0v) is 19.5. The Morgan fingerprint density at radius 2 is 1.60 bits per heavy atom. The molecule has 3 saturated heterocycles. The van der Waals surface area contributed by atoms with Crippen LogP contribution < -0.4 is 0 Å². The van der Waals surface area contributed by atoms with Gasteiger partial charge in [-0.15, -0.1) is 5.92 Å². The first kappa shape index (κ1) is 24.0. The van der Waals surface area contributed by atoms with Crippen LogP contribution in [0.4, 0.5) is 0 Å². The van der Waals surface area contributed by atoms with Crippen LogP contribution in [0.3, 0.4) is 0 Å². The standard InChI is InChI=1S/C24H40O6/c1-6-7-8-9-10-11-12-13-14-15-16-25-21-20-19(28-23(4,5)29-20)17-26-24(21)18-27-22(2,3)30-24/h19-21H,6-13,16-18H2,1-5H3/t19-,20-,21+,24+/m1/s1. The average molecular weight is 425 g/mol. The first-order valence-electron chi connectivity index (χ1n) is 11.7.